The Kier molecular flexibility index (Phi) is 5.72. The van der Waals surface area contributed by atoms with E-state index in [0.717, 1.165) is 12.8 Å². The number of rotatable bonds is 8. The molecular weight excluding hydrogens is 300 g/mol. The maximum Gasteiger partial charge on any atom is 0.356 e. The fourth-order valence-corrected chi connectivity index (χ4v) is 2.28. The summed E-state index contributed by atoms with van der Waals surface area (Å²) in [5.74, 6) is -0.368. The van der Waals surface area contributed by atoms with Crippen molar-refractivity contribution in [1.29, 1.82) is 0 Å². The van der Waals surface area contributed by atoms with Gasteiger partial charge in [-0.3, -0.25) is 14.7 Å². The SMILES string of the molecule is CCNC(=O)CCC(=O)Nc1n[nH]c(C(=O)OCC)c1C1CC1. The Hall–Kier alpha value is -2.38. The van der Waals surface area contributed by atoms with Crippen LogP contribution in [0.15, 0.2) is 0 Å². The van der Waals surface area contributed by atoms with Crippen molar-refractivity contribution in [2.24, 2.45) is 0 Å². The van der Waals surface area contributed by atoms with Crippen LogP contribution in [0.3, 0.4) is 0 Å². The van der Waals surface area contributed by atoms with Crippen molar-refractivity contribution in [3.8, 4) is 0 Å². The molecule has 1 heterocycles. The van der Waals surface area contributed by atoms with Crippen molar-refractivity contribution < 1.29 is 19.1 Å². The summed E-state index contributed by atoms with van der Waals surface area (Å²) >= 11 is 0. The Morgan fingerprint density at radius 2 is 1.91 bits per heavy atom. The molecule has 0 spiro atoms. The molecule has 1 saturated carbocycles. The number of esters is 1. The van der Waals surface area contributed by atoms with Gasteiger partial charge in [0.25, 0.3) is 0 Å². The predicted molar refractivity (Wildman–Crippen MR) is 83.1 cm³/mol. The van der Waals surface area contributed by atoms with E-state index < -0.39 is 5.97 Å². The molecule has 1 aliphatic carbocycles. The van der Waals surface area contributed by atoms with Crippen molar-refractivity contribution in [1.82, 2.24) is 15.5 Å². The first-order valence-corrected chi connectivity index (χ1v) is 7.88. The zero-order valence-electron chi connectivity index (χ0n) is 13.4. The quantitative estimate of drug-likeness (QED) is 0.625. The minimum atomic E-state index is -0.468. The van der Waals surface area contributed by atoms with E-state index in [-0.39, 0.29) is 37.2 Å². The number of nitrogens with zero attached hydrogens (tertiary/aromatic N) is 1. The molecule has 1 aromatic heterocycles. The average molecular weight is 322 g/mol. The number of hydrogen-bond donors (Lipinski definition) is 3. The first-order chi connectivity index (χ1) is 11.1. The molecule has 2 amide bonds. The van der Waals surface area contributed by atoms with E-state index in [1.54, 1.807) is 6.92 Å². The number of aromatic amines is 1. The van der Waals surface area contributed by atoms with Crippen molar-refractivity contribution >= 4 is 23.6 Å². The number of carbonyl (C=O) groups is 3. The zero-order valence-corrected chi connectivity index (χ0v) is 13.4. The molecule has 23 heavy (non-hydrogen) atoms. The van der Waals surface area contributed by atoms with Crippen LogP contribution in [0.4, 0.5) is 5.82 Å². The first kappa shape index (κ1) is 17.0. The van der Waals surface area contributed by atoms with E-state index in [1.807, 2.05) is 6.92 Å². The van der Waals surface area contributed by atoms with Crippen molar-refractivity contribution in [2.45, 2.75) is 45.4 Å². The van der Waals surface area contributed by atoms with Crippen LogP contribution in [0.5, 0.6) is 0 Å². The Balaban J connectivity index is 2.01. The minimum Gasteiger partial charge on any atom is -0.461 e. The van der Waals surface area contributed by atoms with E-state index in [9.17, 15) is 14.4 Å². The highest BCUT2D eigenvalue weighted by Gasteiger charge is 2.34. The number of ether oxygens (including phenoxy) is 1. The van der Waals surface area contributed by atoms with Crippen LogP contribution in [0, 0.1) is 0 Å². The van der Waals surface area contributed by atoms with Crippen LogP contribution >= 0.6 is 0 Å². The highest BCUT2D eigenvalue weighted by atomic mass is 16.5. The fourth-order valence-electron chi connectivity index (χ4n) is 2.28. The van der Waals surface area contributed by atoms with Gasteiger partial charge in [0.05, 0.1) is 6.61 Å². The molecule has 8 heteroatoms. The molecule has 1 aliphatic rings. The molecule has 1 fully saturated rings. The van der Waals surface area contributed by atoms with Crippen LogP contribution in [-0.2, 0) is 14.3 Å². The molecule has 1 aromatic rings. The van der Waals surface area contributed by atoms with Gasteiger partial charge in [-0.05, 0) is 32.6 Å². The molecule has 0 saturated heterocycles. The molecule has 126 valence electrons. The van der Waals surface area contributed by atoms with E-state index >= 15 is 0 Å². The summed E-state index contributed by atoms with van der Waals surface area (Å²) in [5, 5.41) is 12.0. The maximum atomic E-state index is 12.0. The van der Waals surface area contributed by atoms with Gasteiger partial charge in [0.1, 0.15) is 5.69 Å². The van der Waals surface area contributed by atoms with E-state index in [1.165, 1.54) is 0 Å². The van der Waals surface area contributed by atoms with E-state index in [2.05, 4.69) is 20.8 Å². The molecule has 0 unspecified atom stereocenters. The molecule has 2 rings (SSSR count). The van der Waals surface area contributed by atoms with Crippen LogP contribution in [0.25, 0.3) is 0 Å². The smallest absolute Gasteiger partial charge is 0.356 e. The first-order valence-electron chi connectivity index (χ1n) is 7.88. The third-order valence-corrected chi connectivity index (χ3v) is 3.48. The second kappa shape index (κ2) is 7.75. The zero-order chi connectivity index (χ0) is 16.8. The summed E-state index contributed by atoms with van der Waals surface area (Å²) in [6.45, 7) is 4.36. The number of nitrogens with one attached hydrogen (secondary N) is 3. The van der Waals surface area contributed by atoms with Gasteiger partial charge in [0.2, 0.25) is 11.8 Å². The average Bonchev–Trinajstić information content (AvgIpc) is 3.27. The molecular formula is C15H22N4O4. The second-order valence-corrected chi connectivity index (χ2v) is 5.36. The third-order valence-electron chi connectivity index (χ3n) is 3.48. The monoisotopic (exact) mass is 322 g/mol. The van der Waals surface area contributed by atoms with Crippen LogP contribution in [0.2, 0.25) is 0 Å². The van der Waals surface area contributed by atoms with Crippen molar-refractivity contribution in [3.05, 3.63) is 11.3 Å². The van der Waals surface area contributed by atoms with Gasteiger partial charge in [-0.15, -0.1) is 0 Å². The molecule has 3 N–H and O–H groups in total. The van der Waals surface area contributed by atoms with Gasteiger partial charge in [-0.2, -0.15) is 5.10 Å². The van der Waals surface area contributed by atoms with Crippen LogP contribution < -0.4 is 10.6 Å². The Morgan fingerprint density at radius 1 is 1.22 bits per heavy atom. The third kappa shape index (κ3) is 4.54. The maximum absolute atomic E-state index is 12.0. The lowest BCUT2D eigenvalue weighted by Crippen LogP contribution is -2.24. The molecule has 0 bridgehead atoms. The normalized spacial score (nSPS) is 13.5. The minimum absolute atomic E-state index is 0.0670. The Morgan fingerprint density at radius 3 is 2.52 bits per heavy atom. The number of anilines is 1. The number of aromatic nitrogens is 2. The number of H-pyrrole nitrogens is 1. The molecule has 8 nitrogen and oxygen atoms in total. The summed E-state index contributed by atoms with van der Waals surface area (Å²) in [7, 11) is 0. The second-order valence-electron chi connectivity index (χ2n) is 5.36. The molecule has 0 aliphatic heterocycles. The Bertz CT molecular complexity index is 592. The lowest BCUT2D eigenvalue weighted by molar-refractivity contribution is -0.124. The standard InChI is InChI=1S/C15H22N4O4/c1-3-16-10(20)7-8-11(21)17-14-12(9-5-6-9)13(18-19-14)15(22)23-4-2/h9H,3-8H2,1-2H3,(H,16,20)(H2,17,18,19,21). The van der Waals surface area contributed by atoms with Gasteiger partial charge >= 0.3 is 5.97 Å². The Labute approximate surface area is 134 Å². The summed E-state index contributed by atoms with van der Waals surface area (Å²) in [6.07, 6.45) is 2.09. The van der Waals surface area contributed by atoms with E-state index in [0.29, 0.717) is 23.6 Å². The summed E-state index contributed by atoms with van der Waals surface area (Å²) in [6, 6.07) is 0. The van der Waals surface area contributed by atoms with Gasteiger partial charge in [0, 0.05) is 24.9 Å². The van der Waals surface area contributed by atoms with Gasteiger partial charge in [-0.25, -0.2) is 4.79 Å². The summed E-state index contributed by atoms with van der Waals surface area (Å²) in [5.41, 5.74) is 1.00. The highest BCUT2D eigenvalue weighted by Crippen LogP contribution is 2.44. The molecule has 0 aromatic carbocycles. The van der Waals surface area contributed by atoms with Crippen molar-refractivity contribution in [3.63, 3.8) is 0 Å². The lowest BCUT2D eigenvalue weighted by Gasteiger charge is -2.06. The van der Waals surface area contributed by atoms with Crippen molar-refractivity contribution in [2.75, 3.05) is 18.5 Å². The summed E-state index contributed by atoms with van der Waals surface area (Å²) < 4.78 is 4.99. The number of amides is 2. The largest absolute Gasteiger partial charge is 0.461 e. The number of carbonyl (C=O) groups excluding carboxylic acids is 3. The van der Waals surface area contributed by atoms with Gasteiger partial charge in [-0.1, -0.05) is 0 Å². The highest BCUT2D eigenvalue weighted by molar-refractivity contribution is 5.96. The van der Waals surface area contributed by atoms with Crippen LogP contribution in [-0.4, -0.2) is 41.1 Å². The number of hydrogen-bond acceptors (Lipinski definition) is 5. The molecule has 0 radical (unpaired) electrons. The lowest BCUT2D eigenvalue weighted by atomic mass is 10.1. The van der Waals surface area contributed by atoms with Crippen LogP contribution in [0.1, 0.15) is 61.5 Å². The summed E-state index contributed by atoms with van der Waals surface area (Å²) in [4.78, 5) is 35.3. The van der Waals surface area contributed by atoms with Gasteiger partial charge in [0.15, 0.2) is 5.82 Å². The fraction of sp³-hybridized carbons (Fsp3) is 0.600. The molecule has 0 atom stereocenters. The van der Waals surface area contributed by atoms with Gasteiger partial charge < -0.3 is 15.4 Å². The predicted octanol–water partition coefficient (Wildman–Crippen LogP) is 1.32. The van der Waals surface area contributed by atoms with E-state index in [4.69, 9.17) is 4.74 Å². The topological polar surface area (TPSA) is 113 Å².